The van der Waals surface area contributed by atoms with Gasteiger partial charge in [-0.05, 0) is 44.6 Å². The fourth-order valence-electron chi connectivity index (χ4n) is 2.14. The molecule has 1 fully saturated rings. The maximum absolute atomic E-state index is 3.63. The Morgan fingerprint density at radius 3 is 2.67 bits per heavy atom. The van der Waals surface area contributed by atoms with Crippen LogP contribution in [0.4, 0.5) is 0 Å². The molecule has 0 bridgehead atoms. The van der Waals surface area contributed by atoms with E-state index in [1.54, 1.807) is 0 Å². The first-order valence-corrected chi connectivity index (χ1v) is 5.77. The standard InChI is InChI=1S/C12H21N3/c1-14-7-4-12(5-8-14)13-9-11-3-6-15(2)10-11/h3,6,10,12-13H,4-5,7-9H2,1-2H3. The van der Waals surface area contributed by atoms with Crippen molar-refractivity contribution >= 4 is 0 Å². The van der Waals surface area contributed by atoms with Crippen LogP contribution >= 0.6 is 0 Å². The summed E-state index contributed by atoms with van der Waals surface area (Å²) in [7, 11) is 4.27. The van der Waals surface area contributed by atoms with Crippen LogP contribution in [0.1, 0.15) is 18.4 Å². The molecule has 0 amide bonds. The second kappa shape index (κ2) is 4.81. The van der Waals surface area contributed by atoms with Crippen LogP contribution < -0.4 is 5.32 Å². The number of piperidine rings is 1. The van der Waals surface area contributed by atoms with E-state index in [1.807, 2.05) is 0 Å². The molecule has 2 rings (SSSR count). The Labute approximate surface area is 92.1 Å². The Morgan fingerprint density at radius 1 is 1.33 bits per heavy atom. The van der Waals surface area contributed by atoms with Crippen LogP contribution in [0.15, 0.2) is 18.5 Å². The summed E-state index contributed by atoms with van der Waals surface area (Å²) in [4.78, 5) is 2.40. The van der Waals surface area contributed by atoms with Crippen LogP contribution in [0.3, 0.4) is 0 Å². The summed E-state index contributed by atoms with van der Waals surface area (Å²) < 4.78 is 2.10. The first kappa shape index (κ1) is 10.7. The second-order valence-electron chi connectivity index (χ2n) is 4.64. The van der Waals surface area contributed by atoms with Crippen LogP contribution in [-0.2, 0) is 13.6 Å². The monoisotopic (exact) mass is 207 g/mol. The highest BCUT2D eigenvalue weighted by Gasteiger charge is 2.15. The predicted molar refractivity (Wildman–Crippen MR) is 62.8 cm³/mol. The molecule has 0 aromatic carbocycles. The molecular formula is C12H21N3. The van der Waals surface area contributed by atoms with Crippen molar-refractivity contribution in [2.75, 3.05) is 20.1 Å². The van der Waals surface area contributed by atoms with Gasteiger partial charge in [-0.15, -0.1) is 0 Å². The molecule has 3 heteroatoms. The van der Waals surface area contributed by atoms with Crippen LogP contribution in [0.2, 0.25) is 0 Å². The van der Waals surface area contributed by atoms with E-state index in [4.69, 9.17) is 0 Å². The lowest BCUT2D eigenvalue weighted by atomic mass is 10.1. The lowest BCUT2D eigenvalue weighted by Gasteiger charge is -2.29. The average Bonchev–Trinajstić information content (AvgIpc) is 2.64. The summed E-state index contributed by atoms with van der Waals surface area (Å²) >= 11 is 0. The fraction of sp³-hybridized carbons (Fsp3) is 0.667. The molecule has 0 atom stereocenters. The Bertz CT molecular complexity index is 298. The third-order valence-electron chi connectivity index (χ3n) is 3.21. The zero-order valence-electron chi connectivity index (χ0n) is 9.74. The lowest BCUT2D eigenvalue weighted by Crippen LogP contribution is -2.40. The van der Waals surface area contributed by atoms with Crippen molar-refractivity contribution in [1.29, 1.82) is 0 Å². The number of aryl methyl sites for hydroxylation is 1. The van der Waals surface area contributed by atoms with Gasteiger partial charge in [0.1, 0.15) is 0 Å². The van der Waals surface area contributed by atoms with Gasteiger partial charge >= 0.3 is 0 Å². The molecule has 1 aromatic heterocycles. The van der Waals surface area contributed by atoms with Gasteiger partial charge in [-0.3, -0.25) is 0 Å². The van der Waals surface area contributed by atoms with Gasteiger partial charge in [0.05, 0.1) is 0 Å². The zero-order valence-corrected chi connectivity index (χ0v) is 9.74. The zero-order chi connectivity index (χ0) is 10.7. The van der Waals surface area contributed by atoms with Gasteiger partial charge in [-0.25, -0.2) is 0 Å². The SMILES string of the molecule is CN1CCC(NCc2ccn(C)c2)CC1. The smallest absolute Gasteiger partial charge is 0.0223 e. The summed E-state index contributed by atoms with van der Waals surface area (Å²) in [5.41, 5.74) is 1.39. The van der Waals surface area contributed by atoms with Crippen molar-refractivity contribution in [1.82, 2.24) is 14.8 Å². The normalized spacial score (nSPS) is 19.6. The molecule has 3 nitrogen and oxygen atoms in total. The van der Waals surface area contributed by atoms with Gasteiger partial charge in [0, 0.05) is 32.0 Å². The minimum atomic E-state index is 0.710. The number of hydrogen-bond acceptors (Lipinski definition) is 2. The predicted octanol–water partition coefficient (Wildman–Crippen LogP) is 1.21. The van der Waals surface area contributed by atoms with Crippen LogP contribution in [-0.4, -0.2) is 35.6 Å². The maximum atomic E-state index is 3.63. The van der Waals surface area contributed by atoms with E-state index in [0.717, 1.165) is 6.54 Å². The minimum absolute atomic E-state index is 0.710. The highest BCUT2D eigenvalue weighted by Crippen LogP contribution is 2.09. The highest BCUT2D eigenvalue weighted by molar-refractivity contribution is 5.09. The number of nitrogens with zero attached hydrogens (tertiary/aromatic N) is 2. The summed E-state index contributed by atoms with van der Waals surface area (Å²) in [6, 6.07) is 2.89. The Kier molecular flexibility index (Phi) is 3.44. The summed E-state index contributed by atoms with van der Waals surface area (Å²) in [6.07, 6.45) is 6.85. The Hall–Kier alpha value is -0.800. The molecule has 1 saturated heterocycles. The maximum Gasteiger partial charge on any atom is 0.0223 e. The Balaban J connectivity index is 1.74. The van der Waals surface area contributed by atoms with Gasteiger partial charge in [-0.2, -0.15) is 0 Å². The van der Waals surface area contributed by atoms with E-state index in [2.05, 4.69) is 47.3 Å². The van der Waals surface area contributed by atoms with Crippen LogP contribution in [0, 0.1) is 0 Å². The average molecular weight is 207 g/mol. The molecule has 1 aliphatic rings. The van der Waals surface area contributed by atoms with E-state index in [9.17, 15) is 0 Å². The van der Waals surface area contributed by atoms with Crippen molar-refractivity contribution in [2.24, 2.45) is 7.05 Å². The molecule has 0 radical (unpaired) electrons. The van der Waals surface area contributed by atoms with Crippen molar-refractivity contribution < 1.29 is 0 Å². The molecule has 0 unspecified atom stereocenters. The molecule has 84 valence electrons. The summed E-state index contributed by atoms with van der Waals surface area (Å²) in [6.45, 7) is 3.47. The third-order valence-corrected chi connectivity index (χ3v) is 3.21. The van der Waals surface area contributed by atoms with Gasteiger partial charge in [0.2, 0.25) is 0 Å². The first-order valence-electron chi connectivity index (χ1n) is 5.77. The fourth-order valence-corrected chi connectivity index (χ4v) is 2.14. The van der Waals surface area contributed by atoms with Gasteiger partial charge in [0.15, 0.2) is 0 Å². The number of hydrogen-bond donors (Lipinski definition) is 1. The molecule has 15 heavy (non-hydrogen) atoms. The Morgan fingerprint density at radius 2 is 2.07 bits per heavy atom. The van der Waals surface area contributed by atoms with Gasteiger partial charge < -0.3 is 14.8 Å². The molecule has 1 N–H and O–H groups in total. The molecule has 0 aliphatic carbocycles. The summed E-state index contributed by atoms with van der Waals surface area (Å²) in [5, 5.41) is 3.63. The number of rotatable bonds is 3. The number of aromatic nitrogens is 1. The molecule has 0 saturated carbocycles. The van der Waals surface area contributed by atoms with Crippen molar-refractivity contribution in [3.8, 4) is 0 Å². The summed E-state index contributed by atoms with van der Waals surface area (Å²) in [5.74, 6) is 0. The van der Waals surface area contributed by atoms with Gasteiger partial charge in [-0.1, -0.05) is 0 Å². The van der Waals surface area contributed by atoms with E-state index in [0.29, 0.717) is 6.04 Å². The van der Waals surface area contributed by atoms with E-state index in [-0.39, 0.29) is 0 Å². The molecular weight excluding hydrogens is 186 g/mol. The first-order chi connectivity index (χ1) is 7.24. The molecule has 1 aliphatic heterocycles. The van der Waals surface area contributed by atoms with Crippen molar-refractivity contribution in [3.05, 3.63) is 24.0 Å². The minimum Gasteiger partial charge on any atom is -0.357 e. The topological polar surface area (TPSA) is 20.2 Å². The van der Waals surface area contributed by atoms with E-state index >= 15 is 0 Å². The molecule has 0 spiro atoms. The number of likely N-dealkylation sites (tertiary alicyclic amines) is 1. The van der Waals surface area contributed by atoms with Crippen LogP contribution in [0.5, 0.6) is 0 Å². The second-order valence-corrected chi connectivity index (χ2v) is 4.64. The lowest BCUT2D eigenvalue weighted by molar-refractivity contribution is 0.234. The van der Waals surface area contributed by atoms with E-state index in [1.165, 1.54) is 31.5 Å². The molecule has 2 heterocycles. The van der Waals surface area contributed by atoms with E-state index < -0.39 is 0 Å². The van der Waals surface area contributed by atoms with Crippen molar-refractivity contribution in [2.45, 2.75) is 25.4 Å². The third kappa shape index (κ3) is 3.08. The highest BCUT2D eigenvalue weighted by atomic mass is 15.1. The van der Waals surface area contributed by atoms with Crippen molar-refractivity contribution in [3.63, 3.8) is 0 Å². The van der Waals surface area contributed by atoms with Gasteiger partial charge in [0.25, 0.3) is 0 Å². The number of nitrogens with one attached hydrogen (secondary N) is 1. The quantitative estimate of drug-likeness (QED) is 0.804. The molecule has 1 aromatic rings. The largest absolute Gasteiger partial charge is 0.357 e. The van der Waals surface area contributed by atoms with Crippen LogP contribution in [0.25, 0.3) is 0 Å².